The van der Waals surface area contributed by atoms with Gasteiger partial charge in [-0.2, -0.15) is 5.26 Å². The summed E-state index contributed by atoms with van der Waals surface area (Å²) in [5, 5.41) is 9.24. The number of rotatable bonds is 33. The van der Waals surface area contributed by atoms with Crippen molar-refractivity contribution >= 4 is 0 Å². The van der Waals surface area contributed by atoms with E-state index >= 15 is 0 Å². The Bertz CT molecular complexity index is 450. The summed E-state index contributed by atoms with van der Waals surface area (Å²) in [5.41, 5.74) is 0. The third-order valence-electron chi connectivity index (χ3n) is 8.81. The number of nitrogens with zero attached hydrogens (tertiary/aromatic N) is 1. The largest absolute Gasteiger partial charge is 0.198 e. The van der Waals surface area contributed by atoms with Gasteiger partial charge in [-0.3, -0.25) is 0 Å². The van der Waals surface area contributed by atoms with Gasteiger partial charge in [0.05, 0.1) is 6.07 Å². The monoisotopic (exact) mass is 532 g/mol. The van der Waals surface area contributed by atoms with Crippen LogP contribution in [0.25, 0.3) is 0 Å². The highest BCUT2D eigenvalue weighted by Gasteiger charge is 2.08. The van der Waals surface area contributed by atoms with E-state index in [1.165, 1.54) is 205 Å². The zero-order valence-corrected chi connectivity index (χ0v) is 26.9. The average molecular weight is 532 g/mol. The Hall–Kier alpha value is -0.510. The molecule has 0 amide bonds. The predicted octanol–water partition coefficient (Wildman–Crippen LogP) is 14.0. The fourth-order valence-corrected chi connectivity index (χ4v) is 6.09. The van der Waals surface area contributed by atoms with Crippen LogP contribution in [0.4, 0.5) is 0 Å². The number of unbranched alkanes of at least 4 members (excludes halogenated alkanes) is 28. The van der Waals surface area contributed by atoms with Crippen LogP contribution in [0.2, 0.25) is 0 Å². The second-order valence-electron chi connectivity index (χ2n) is 12.7. The third-order valence-corrected chi connectivity index (χ3v) is 8.81. The van der Waals surface area contributed by atoms with E-state index < -0.39 is 0 Å². The summed E-state index contributed by atoms with van der Waals surface area (Å²) in [6.45, 7) is 4.60. The number of nitriles is 1. The molecule has 1 atom stereocenters. The summed E-state index contributed by atoms with van der Waals surface area (Å²) in [4.78, 5) is 0. The van der Waals surface area contributed by atoms with Crippen molar-refractivity contribution in [2.75, 3.05) is 0 Å². The smallest absolute Gasteiger partial charge is 0.0624 e. The van der Waals surface area contributed by atoms with E-state index in [9.17, 15) is 5.26 Å². The van der Waals surface area contributed by atoms with E-state index in [0.29, 0.717) is 5.92 Å². The second-order valence-corrected chi connectivity index (χ2v) is 12.7. The Balaban J connectivity index is 3.36. The molecule has 38 heavy (non-hydrogen) atoms. The lowest BCUT2D eigenvalue weighted by Crippen LogP contribution is -2.00. The van der Waals surface area contributed by atoms with Gasteiger partial charge in [-0.25, -0.2) is 0 Å². The molecule has 0 aromatic carbocycles. The van der Waals surface area contributed by atoms with Crippen molar-refractivity contribution in [1.82, 2.24) is 0 Å². The first-order chi connectivity index (χ1) is 18.8. The van der Waals surface area contributed by atoms with E-state index in [4.69, 9.17) is 0 Å². The molecule has 0 fully saturated rings. The van der Waals surface area contributed by atoms with Gasteiger partial charge in [0.2, 0.25) is 0 Å². The zero-order chi connectivity index (χ0) is 27.6. The van der Waals surface area contributed by atoms with Crippen LogP contribution in [-0.4, -0.2) is 0 Å². The minimum absolute atomic E-state index is 0.670. The average Bonchev–Trinajstić information content (AvgIpc) is 2.92. The predicted molar refractivity (Wildman–Crippen MR) is 173 cm³/mol. The Kier molecular flexibility index (Phi) is 34.1. The first kappa shape index (κ1) is 37.5. The van der Waals surface area contributed by atoms with E-state index in [0.717, 1.165) is 6.42 Å². The van der Waals surface area contributed by atoms with Crippen LogP contribution in [0.15, 0.2) is 0 Å². The van der Waals surface area contributed by atoms with Crippen LogP contribution in [0.5, 0.6) is 0 Å². The maximum absolute atomic E-state index is 9.24. The summed E-state index contributed by atoms with van der Waals surface area (Å²) in [6.07, 6.45) is 46.4. The van der Waals surface area contributed by atoms with Crippen molar-refractivity contribution < 1.29 is 0 Å². The Morgan fingerprint density at radius 1 is 0.342 bits per heavy atom. The SMILES string of the molecule is CCCCCCCCCCCCCCCCCCC(CC#N)CCCCCCCCCCCCCCCC. The fourth-order valence-electron chi connectivity index (χ4n) is 6.09. The molecule has 0 aromatic heterocycles. The Morgan fingerprint density at radius 3 is 0.763 bits per heavy atom. The van der Waals surface area contributed by atoms with E-state index in [-0.39, 0.29) is 0 Å². The highest BCUT2D eigenvalue weighted by Crippen LogP contribution is 2.22. The molecule has 0 saturated carbocycles. The fraction of sp³-hybridized carbons (Fsp3) is 0.973. The molecule has 0 aromatic rings. The van der Waals surface area contributed by atoms with Gasteiger partial charge >= 0.3 is 0 Å². The van der Waals surface area contributed by atoms with Crippen LogP contribution in [0, 0.1) is 17.2 Å². The second kappa shape index (κ2) is 34.5. The molecular weight excluding hydrogens is 458 g/mol. The summed E-state index contributed by atoms with van der Waals surface area (Å²) in [6, 6.07) is 2.47. The summed E-state index contributed by atoms with van der Waals surface area (Å²) in [7, 11) is 0. The first-order valence-electron chi connectivity index (χ1n) is 18.2. The Labute approximate surface area is 242 Å². The molecule has 0 bridgehead atoms. The molecule has 226 valence electrons. The van der Waals surface area contributed by atoms with Crippen molar-refractivity contribution in [2.45, 2.75) is 226 Å². The maximum Gasteiger partial charge on any atom is 0.0624 e. The quantitative estimate of drug-likeness (QED) is 0.0772. The Morgan fingerprint density at radius 2 is 0.553 bits per heavy atom. The number of hydrogen-bond donors (Lipinski definition) is 0. The van der Waals surface area contributed by atoms with Gasteiger partial charge in [0, 0.05) is 6.42 Å². The lowest BCUT2D eigenvalue weighted by Gasteiger charge is -2.13. The number of hydrogen-bond acceptors (Lipinski definition) is 1. The molecule has 0 N–H and O–H groups in total. The molecular formula is C37H73N. The van der Waals surface area contributed by atoms with Gasteiger partial charge in [-0.1, -0.05) is 206 Å². The molecule has 0 aliphatic rings. The highest BCUT2D eigenvalue weighted by atomic mass is 14.2. The van der Waals surface area contributed by atoms with Crippen molar-refractivity contribution in [1.29, 1.82) is 5.26 Å². The zero-order valence-electron chi connectivity index (χ0n) is 26.9. The van der Waals surface area contributed by atoms with Gasteiger partial charge in [0.15, 0.2) is 0 Å². The van der Waals surface area contributed by atoms with Gasteiger partial charge in [0.1, 0.15) is 0 Å². The summed E-state index contributed by atoms with van der Waals surface area (Å²) in [5.74, 6) is 0.670. The third kappa shape index (κ3) is 31.7. The minimum Gasteiger partial charge on any atom is -0.198 e. The van der Waals surface area contributed by atoms with Crippen molar-refractivity contribution in [3.8, 4) is 6.07 Å². The van der Waals surface area contributed by atoms with Crippen LogP contribution in [-0.2, 0) is 0 Å². The normalized spacial score (nSPS) is 12.1. The minimum atomic E-state index is 0.670. The first-order valence-corrected chi connectivity index (χ1v) is 18.2. The summed E-state index contributed by atoms with van der Waals surface area (Å²) < 4.78 is 0. The van der Waals surface area contributed by atoms with E-state index in [2.05, 4.69) is 19.9 Å². The van der Waals surface area contributed by atoms with Crippen molar-refractivity contribution in [2.24, 2.45) is 5.92 Å². The van der Waals surface area contributed by atoms with Crippen molar-refractivity contribution in [3.05, 3.63) is 0 Å². The van der Waals surface area contributed by atoms with Crippen LogP contribution in [0.1, 0.15) is 226 Å². The molecule has 0 aliphatic carbocycles. The molecule has 1 nitrogen and oxygen atoms in total. The molecule has 1 heteroatoms. The lowest BCUT2D eigenvalue weighted by atomic mass is 9.92. The van der Waals surface area contributed by atoms with Gasteiger partial charge in [0.25, 0.3) is 0 Å². The van der Waals surface area contributed by atoms with Gasteiger partial charge in [-0.15, -0.1) is 0 Å². The standard InChI is InChI=1S/C37H73N/c1-3-5-7-9-11-13-15-17-19-20-22-24-26-28-30-32-34-37(35-36-38)33-31-29-27-25-23-21-18-16-14-12-10-8-6-4-2/h37H,3-35H2,1-2H3. The summed E-state index contributed by atoms with van der Waals surface area (Å²) >= 11 is 0. The van der Waals surface area contributed by atoms with E-state index in [1.54, 1.807) is 0 Å². The molecule has 0 spiro atoms. The molecule has 0 aliphatic heterocycles. The molecule has 0 heterocycles. The van der Waals surface area contributed by atoms with Gasteiger partial charge in [-0.05, 0) is 18.8 Å². The lowest BCUT2D eigenvalue weighted by molar-refractivity contribution is 0.407. The topological polar surface area (TPSA) is 23.8 Å². The molecule has 0 rings (SSSR count). The maximum atomic E-state index is 9.24. The van der Waals surface area contributed by atoms with Crippen LogP contribution in [0.3, 0.4) is 0 Å². The molecule has 0 saturated heterocycles. The van der Waals surface area contributed by atoms with Crippen molar-refractivity contribution in [3.63, 3.8) is 0 Å². The van der Waals surface area contributed by atoms with Crippen LogP contribution < -0.4 is 0 Å². The molecule has 0 radical (unpaired) electrons. The van der Waals surface area contributed by atoms with Gasteiger partial charge < -0.3 is 0 Å². The molecule has 1 unspecified atom stereocenters. The highest BCUT2D eigenvalue weighted by molar-refractivity contribution is 4.76. The van der Waals surface area contributed by atoms with E-state index in [1.807, 2.05) is 0 Å². The van der Waals surface area contributed by atoms with Crippen LogP contribution >= 0.6 is 0 Å².